The zero-order chi connectivity index (χ0) is 12.3. The molecule has 0 amide bonds. The number of rotatable bonds is 4. The number of halogens is 1. The maximum atomic E-state index is 13.1. The molecule has 0 radical (unpaired) electrons. The molecule has 5 heteroatoms. The first-order chi connectivity index (χ1) is 8.16. The third-order valence-electron chi connectivity index (χ3n) is 2.30. The van der Waals surface area contributed by atoms with Gasteiger partial charge >= 0.3 is 0 Å². The van der Waals surface area contributed by atoms with E-state index in [1.165, 1.54) is 23.5 Å². The van der Waals surface area contributed by atoms with Crippen molar-refractivity contribution >= 4 is 11.3 Å². The highest BCUT2D eigenvalue weighted by molar-refractivity contribution is 7.09. The van der Waals surface area contributed by atoms with Crippen molar-refractivity contribution in [2.45, 2.75) is 19.6 Å². The summed E-state index contributed by atoms with van der Waals surface area (Å²) in [6.45, 7) is 2.17. The van der Waals surface area contributed by atoms with Crippen LogP contribution in [-0.4, -0.2) is 4.98 Å². The minimum Gasteiger partial charge on any atom is -0.486 e. The second-order valence-electron chi connectivity index (χ2n) is 3.69. The van der Waals surface area contributed by atoms with E-state index in [0.717, 1.165) is 10.6 Å². The summed E-state index contributed by atoms with van der Waals surface area (Å²) in [5.41, 5.74) is 6.59. The van der Waals surface area contributed by atoms with Crippen LogP contribution in [0.1, 0.15) is 23.5 Å². The minimum atomic E-state index is -0.330. The lowest BCUT2D eigenvalue weighted by atomic mass is 10.1. The maximum absolute atomic E-state index is 13.1. The molecule has 0 aliphatic carbocycles. The normalized spacial score (nSPS) is 12.4. The fourth-order valence-electron chi connectivity index (χ4n) is 1.47. The number of hydrogen-bond donors (Lipinski definition) is 1. The van der Waals surface area contributed by atoms with E-state index in [0.29, 0.717) is 12.4 Å². The molecule has 90 valence electrons. The Kier molecular flexibility index (Phi) is 3.71. The standard InChI is InChI=1S/C12H13FN2OS/c1-8(14)10-3-2-9(13)6-11(10)16-7-12-15-4-5-17-12/h2-6,8H,7,14H2,1H3/t8-/m1/s1. The highest BCUT2D eigenvalue weighted by Gasteiger charge is 2.10. The lowest BCUT2D eigenvalue weighted by Gasteiger charge is -2.13. The third kappa shape index (κ3) is 3.01. The zero-order valence-electron chi connectivity index (χ0n) is 9.39. The van der Waals surface area contributed by atoms with E-state index in [-0.39, 0.29) is 11.9 Å². The van der Waals surface area contributed by atoms with Crippen molar-refractivity contribution in [1.29, 1.82) is 0 Å². The first-order valence-electron chi connectivity index (χ1n) is 5.23. The van der Waals surface area contributed by atoms with E-state index in [4.69, 9.17) is 10.5 Å². The van der Waals surface area contributed by atoms with Crippen LogP contribution in [0.3, 0.4) is 0 Å². The van der Waals surface area contributed by atoms with Gasteiger partial charge in [0.25, 0.3) is 0 Å². The summed E-state index contributed by atoms with van der Waals surface area (Å²) in [5, 5.41) is 2.72. The molecular formula is C12H13FN2OS. The molecule has 0 unspecified atom stereocenters. The third-order valence-corrected chi connectivity index (χ3v) is 3.05. The Balaban J connectivity index is 2.16. The maximum Gasteiger partial charge on any atom is 0.140 e. The van der Waals surface area contributed by atoms with Crippen LogP contribution < -0.4 is 10.5 Å². The van der Waals surface area contributed by atoms with Gasteiger partial charge < -0.3 is 10.5 Å². The van der Waals surface area contributed by atoms with Crippen LogP contribution in [0.25, 0.3) is 0 Å². The highest BCUT2D eigenvalue weighted by atomic mass is 32.1. The van der Waals surface area contributed by atoms with Gasteiger partial charge in [-0.05, 0) is 13.0 Å². The van der Waals surface area contributed by atoms with Gasteiger partial charge in [0, 0.05) is 29.2 Å². The Hall–Kier alpha value is -1.46. The molecule has 1 atom stereocenters. The SMILES string of the molecule is C[C@@H](N)c1ccc(F)cc1OCc1nccs1. The summed E-state index contributed by atoms with van der Waals surface area (Å²) in [5.74, 6) is 0.152. The summed E-state index contributed by atoms with van der Waals surface area (Å²) in [4.78, 5) is 4.10. The van der Waals surface area contributed by atoms with Crippen molar-refractivity contribution in [3.05, 3.63) is 46.2 Å². The molecule has 1 aromatic carbocycles. The van der Waals surface area contributed by atoms with E-state index in [1.807, 2.05) is 12.3 Å². The molecule has 0 aliphatic rings. The fraction of sp³-hybridized carbons (Fsp3) is 0.250. The molecule has 0 spiro atoms. The molecule has 2 N–H and O–H groups in total. The van der Waals surface area contributed by atoms with Crippen LogP contribution in [0.5, 0.6) is 5.75 Å². The van der Waals surface area contributed by atoms with Crippen molar-refractivity contribution < 1.29 is 9.13 Å². The molecule has 2 aromatic rings. The van der Waals surface area contributed by atoms with Gasteiger partial charge in [-0.1, -0.05) is 6.07 Å². The van der Waals surface area contributed by atoms with E-state index >= 15 is 0 Å². The Bertz CT molecular complexity index is 485. The Labute approximate surface area is 103 Å². The smallest absolute Gasteiger partial charge is 0.140 e. The quantitative estimate of drug-likeness (QED) is 0.910. The van der Waals surface area contributed by atoms with Crippen LogP contribution in [0.15, 0.2) is 29.8 Å². The number of ether oxygens (including phenoxy) is 1. The first-order valence-corrected chi connectivity index (χ1v) is 6.11. The van der Waals surface area contributed by atoms with Gasteiger partial charge in [0.15, 0.2) is 0 Å². The van der Waals surface area contributed by atoms with Gasteiger partial charge in [0.2, 0.25) is 0 Å². The van der Waals surface area contributed by atoms with Crippen LogP contribution in [0.4, 0.5) is 4.39 Å². The van der Waals surface area contributed by atoms with Gasteiger partial charge in [0.1, 0.15) is 23.2 Å². The molecule has 0 saturated carbocycles. The summed E-state index contributed by atoms with van der Waals surface area (Å²) >= 11 is 1.50. The van der Waals surface area contributed by atoms with Crippen molar-refractivity contribution in [3.63, 3.8) is 0 Å². The number of nitrogens with two attached hydrogens (primary N) is 1. The van der Waals surface area contributed by atoms with E-state index in [9.17, 15) is 4.39 Å². The van der Waals surface area contributed by atoms with Crippen LogP contribution in [-0.2, 0) is 6.61 Å². The molecule has 0 aliphatic heterocycles. The summed E-state index contributed by atoms with van der Waals surface area (Å²) in [6, 6.07) is 4.19. The zero-order valence-corrected chi connectivity index (χ0v) is 10.2. The molecule has 3 nitrogen and oxygen atoms in total. The van der Waals surface area contributed by atoms with Gasteiger partial charge in [-0.2, -0.15) is 0 Å². The lowest BCUT2D eigenvalue weighted by molar-refractivity contribution is 0.299. The van der Waals surface area contributed by atoms with Crippen molar-refractivity contribution in [3.8, 4) is 5.75 Å². The molecule has 0 saturated heterocycles. The largest absolute Gasteiger partial charge is 0.486 e. The van der Waals surface area contributed by atoms with Crippen molar-refractivity contribution in [2.24, 2.45) is 5.73 Å². The average Bonchev–Trinajstić information content (AvgIpc) is 2.78. The fourth-order valence-corrected chi connectivity index (χ4v) is 2.00. The van der Waals surface area contributed by atoms with Gasteiger partial charge in [-0.15, -0.1) is 11.3 Å². The molecule has 0 fully saturated rings. The van der Waals surface area contributed by atoms with E-state index in [1.54, 1.807) is 12.3 Å². The predicted molar refractivity (Wildman–Crippen MR) is 65.4 cm³/mol. The number of hydrogen-bond acceptors (Lipinski definition) is 4. The Morgan fingerprint density at radius 1 is 1.53 bits per heavy atom. The van der Waals surface area contributed by atoms with Crippen LogP contribution >= 0.6 is 11.3 Å². The second-order valence-corrected chi connectivity index (χ2v) is 4.66. The summed E-state index contributed by atoms with van der Waals surface area (Å²) < 4.78 is 18.7. The number of benzene rings is 1. The van der Waals surface area contributed by atoms with Crippen molar-refractivity contribution in [1.82, 2.24) is 4.98 Å². The van der Waals surface area contributed by atoms with Crippen molar-refractivity contribution in [2.75, 3.05) is 0 Å². The number of thiazole rings is 1. The minimum absolute atomic E-state index is 0.193. The molecule has 1 aromatic heterocycles. The molecule has 2 rings (SSSR count). The van der Waals surface area contributed by atoms with Crippen LogP contribution in [0.2, 0.25) is 0 Å². The predicted octanol–water partition coefficient (Wildman–Crippen LogP) is 2.88. The lowest BCUT2D eigenvalue weighted by Crippen LogP contribution is -2.08. The number of aromatic nitrogens is 1. The van der Waals surface area contributed by atoms with Gasteiger partial charge in [0.05, 0.1) is 0 Å². The van der Waals surface area contributed by atoms with Gasteiger partial charge in [-0.25, -0.2) is 9.37 Å². The molecular weight excluding hydrogens is 239 g/mol. The van der Waals surface area contributed by atoms with E-state index in [2.05, 4.69) is 4.98 Å². The Morgan fingerprint density at radius 2 is 2.35 bits per heavy atom. The average molecular weight is 252 g/mol. The molecule has 1 heterocycles. The molecule has 0 bridgehead atoms. The van der Waals surface area contributed by atoms with Gasteiger partial charge in [-0.3, -0.25) is 0 Å². The Morgan fingerprint density at radius 3 is 3.00 bits per heavy atom. The molecule has 17 heavy (non-hydrogen) atoms. The van der Waals surface area contributed by atoms with Crippen LogP contribution in [0, 0.1) is 5.82 Å². The van der Waals surface area contributed by atoms with E-state index < -0.39 is 0 Å². The summed E-state index contributed by atoms with van der Waals surface area (Å²) in [6.07, 6.45) is 1.71. The topological polar surface area (TPSA) is 48.1 Å². The number of nitrogens with zero attached hydrogens (tertiary/aromatic N) is 1. The second kappa shape index (κ2) is 5.25. The highest BCUT2D eigenvalue weighted by Crippen LogP contribution is 2.25. The monoisotopic (exact) mass is 252 g/mol. The summed E-state index contributed by atoms with van der Waals surface area (Å²) in [7, 11) is 0. The first kappa shape index (κ1) is 12.0.